The monoisotopic (exact) mass is 485 g/mol. The number of nitrogens with zero attached hydrogens (tertiary/aromatic N) is 1. The van der Waals surface area contributed by atoms with Crippen molar-refractivity contribution in [1.82, 2.24) is 0 Å². The summed E-state index contributed by atoms with van der Waals surface area (Å²) in [6, 6.07) is 5.73. The first kappa shape index (κ1) is 26.0. The molecule has 0 saturated heterocycles. The Hall–Kier alpha value is -3.62. The van der Waals surface area contributed by atoms with E-state index >= 15 is 0 Å². The number of nitro benzene ring substituents is 1. The van der Waals surface area contributed by atoms with Crippen molar-refractivity contribution in [3.8, 4) is 17.2 Å². The number of ether oxygens (including phenoxy) is 4. The third kappa shape index (κ3) is 5.90. The summed E-state index contributed by atoms with van der Waals surface area (Å²) in [6.45, 7) is 12.4. The molecule has 1 unspecified atom stereocenters. The largest absolute Gasteiger partial charge is 0.489 e. The van der Waals surface area contributed by atoms with Crippen molar-refractivity contribution in [1.29, 1.82) is 0 Å². The molecule has 0 aromatic heterocycles. The molecule has 1 atom stereocenters. The first-order chi connectivity index (χ1) is 16.2. The molecule has 0 amide bonds. The molecule has 2 aromatic carbocycles. The van der Waals surface area contributed by atoms with E-state index in [0.717, 1.165) is 11.1 Å². The van der Waals surface area contributed by atoms with Gasteiger partial charge in [-0.15, -0.1) is 0 Å². The van der Waals surface area contributed by atoms with Gasteiger partial charge in [0, 0.05) is 17.7 Å². The van der Waals surface area contributed by atoms with Crippen molar-refractivity contribution in [2.45, 2.75) is 66.1 Å². The van der Waals surface area contributed by atoms with Gasteiger partial charge in [-0.3, -0.25) is 14.9 Å². The van der Waals surface area contributed by atoms with E-state index in [1.165, 1.54) is 24.3 Å². The number of carbonyl (C=O) groups excluding carboxylic acids is 2. The molecule has 188 valence electrons. The van der Waals surface area contributed by atoms with Crippen LogP contribution in [0.3, 0.4) is 0 Å². The molecule has 1 aliphatic heterocycles. The normalized spacial score (nSPS) is 17.3. The topological polar surface area (TPSA) is 114 Å². The predicted molar refractivity (Wildman–Crippen MR) is 129 cm³/mol. The molecule has 1 heterocycles. The quantitative estimate of drug-likeness (QED) is 0.304. The second-order valence-electron chi connectivity index (χ2n) is 9.97. The number of non-ortho nitro benzene ring substituents is 1. The molecule has 0 bridgehead atoms. The highest BCUT2D eigenvalue weighted by Crippen LogP contribution is 2.44. The van der Waals surface area contributed by atoms with Crippen molar-refractivity contribution < 1.29 is 33.5 Å². The van der Waals surface area contributed by atoms with E-state index in [1.54, 1.807) is 34.6 Å². The van der Waals surface area contributed by atoms with Gasteiger partial charge >= 0.3 is 5.97 Å². The van der Waals surface area contributed by atoms with E-state index in [9.17, 15) is 19.7 Å². The number of hydrogen-bond donors (Lipinski definition) is 0. The molecule has 3 rings (SSSR count). The van der Waals surface area contributed by atoms with E-state index in [2.05, 4.69) is 0 Å². The molecule has 9 nitrogen and oxygen atoms in total. The number of esters is 1. The van der Waals surface area contributed by atoms with Crippen LogP contribution >= 0.6 is 0 Å². The van der Waals surface area contributed by atoms with Gasteiger partial charge < -0.3 is 18.9 Å². The number of rotatable bonds is 7. The van der Waals surface area contributed by atoms with Crippen LogP contribution in [-0.4, -0.2) is 41.1 Å². The molecule has 0 aliphatic carbocycles. The average Bonchev–Trinajstić information content (AvgIpc) is 2.74. The Morgan fingerprint density at radius 3 is 2.29 bits per heavy atom. The number of benzene rings is 2. The first-order valence-corrected chi connectivity index (χ1v) is 11.3. The third-order valence-electron chi connectivity index (χ3n) is 5.69. The Morgan fingerprint density at radius 2 is 1.71 bits per heavy atom. The molecule has 0 spiro atoms. The highest BCUT2D eigenvalue weighted by molar-refractivity contribution is 6.03. The number of hydrogen-bond acceptors (Lipinski definition) is 8. The standard InChI is InChI=1S/C26H31NO8/c1-15-16(2)24-22(17(3)23(15)32-13-21(29)34-25(4,5)6)20(28)12-26(7,35-24)14-33-19-10-8-18(9-11-19)27(30)31/h8-11H,12-14H2,1-7H3. The molecule has 0 N–H and O–H groups in total. The maximum atomic E-state index is 13.2. The van der Waals surface area contributed by atoms with Crippen LogP contribution in [0.1, 0.15) is 61.2 Å². The summed E-state index contributed by atoms with van der Waals surface area (Å²) in [5, 5.41) is 10.8. The Morgan fingerprint density at radius 1 is 1.09 bits per heavy atom. The summed E-state index contributed by atoms with van der Waals surface area (Å²) in [4.78, 5) is 35.7. The second-order valence-corrected chi connectivity index (χ2v) is 9.97. The van der Waals surface area contributed by atoms with Crippen molar-refractivity contribution in [3.05, 3.63) is 56.6 Å². The van der Waals surface area contributed by atoms with E-state index in [-0.39, 0.29) is 31.1 Å². The summed E-state index contributed by atoms with van der Waals surface area (Å²) in [7, 11) is 0. The van der Waals surface area contributed by atoms with Crippen LogP contribution in [0.15, 0.2) is 24.3 Å². The lowest BCUT2D eigenvalue weighted by Gasteiger charge is -2.37. The van der Waals surface area contributed by atoms with E-state index in [1.807, 2.05) is 13.8 Å². The van der Waals surface area contributed by atoms with Crippen LogP contribution in [-0.2, 0) is 9.53 Å². The Kier molecular flexibility index (Phi) is 7.10. The summed E-state index contributed by atoms with van der Waals surface area (Å²) in [5.74, 6) is 0.757. The zero-order chi connectivity index (χ0) is 26.1. The molecule has 0 fully saturated rings. The summed E-state index contributed by atoms with van der Waals surface area (Å²) >= 11 is 0. The van der Waals surface area contributed by atoms with Crippen molar-refractivity contribution in [3.63, 3.8) is 0 Å². The number of Topliss-reactive ketones (excluding diaryl/α,β-unsaturated/α-hetero) is 1. The molecule has 35 heavy (non-hydrogen) atoms. The fourth-order valence-corrected chi connectivity index (χ4v) is 3.97. The lowest BCUT2D eigenvalue weighted by Crippen LogP contribution is -2.45. The number of nitro groups is 1. The van der Waals surface area contributed by atoms with Crippen LogP contribution in [0.4, 0.5) is 5.69 Å². The maximum absolute atomic E-state index is 13.2. The van der Waals surface area contributed by atoms with Gasteiger partial charge in [0.25, 0.3) is 5.69 Å². The third-order valence-corrected chi connectivity index (χ3v) is 5.69. The highest BCUT2D eigenvalue weighted by Gasteiger charge is 2.40. The number of carbonyl (C=O) groups is 2. The number of fused-ring (bicyclic) bond motifs is 1. The van der Waals surface area contributed by atoms with Crippen LogP contribution in [0.2, 0.25) is 0 Å². The lowest BCUT2D eigenvalue weighted by molar-refractivity contribution is -0.384. The van der Waals surface area contributed by atoms with Crippen molar-refractivity contribution >= 4 is 17.4 Å². The van der Waals surface area contributed by atoms with E-state index in [0.29, 0.717) is 28.4 Å². The molecular formula is C26H31NO8. The molecular weight excluding hydrogens is 454 g/mol. The fourth-order valence-electron chi connectivity index (χ4n) is 3.97. The zero-order valence-electron chi connectivity index (χ0n) is 21.1. The minimum Gasteiger partial charge on any atom is -0.489 e. The smallest absolute Gasteiger partial charge is 0.344 e. The Bertz CT molecular complexity index is 1160. The van der Waals surface area contributed by atoms with Gasteiger partial charge in [0.15, 0.2) is 12.4 Å². The maximum Gasteiger partial charge on any atom is 0.344 e. The van der Waals surface area contributed by atoms with Crippen molar-refractivity contribution in [2.24, 2.45) is 0 Å². The fraction of sp³-hybridized carbons (Fsp3) is 0.462. The average molecular weight is 486 g/mol. The molecule has 2 aromatic rings. The highest BCUT2D eigenvalue weighted by atomic mass is 16.6. The SMILES string of the molecule is Cc1c(C)c2c(c(C)c1OCC(=O)OC(C)(C)C)C(=O)CC(C)(COc1ccc([N+](=O)[O-])cc1)O2. The number of ketones is 1. The zero-order valence-corrected chi connectivity index (χ0v) is 21.1. The minimum absolute atomic E-state index is 0.0344. The van der Waals surface area contributed by atoms with Crippen LogP contribution in [0.25, 0.3) is 0 Å². The van der Waals surface area contributed by atoms with Crippen LogP contribution in [0.5, 0.6) is 17.2 Å². The van der Waals surface area contributed by atoms with Gasteiger partial charge in [0.1, 0.15) is 35.1 Å². The minimum atomic E-state index is -0.936. The first-order valence-electron chi connectivity index (χ1n) is 11.3. The van der Waals surface area contributed by atoms with Gasteiger partial charge in [-0.25, -0.2) is 4.79 Å². The molecule has 9 heteroatoms. The van der Waals surface area contributed by atoms with E-state index in [4.69, 9.17) is 18.9 Å². The van der Waals surface area contributed by atoms with Gasteiger partial charge in [-0.1, -0.05) is 0 Å². The molecule has 0 radical (unpaired) electrons. The summed E-state index contributed by atoms with van der Waals surface area (Å²) < 4.78 is 23.2. The Balaban J connectivity index is 1.80. The predicted octanol–water partition coefficient (Wildman–Crippen LogP) is 5.04. The Labute approximate surface area is 204 Å². The van der Waals surface area contributed by atoms with Crippen molar-refractivity contribution in [2.75, 3.05) is 13.2 Å². The lowest BCUT2D eigenvalue weighted by atomic mass is 9.86. The van der Waals surface area contributed by atoms with E-state index < -0.39 is 22.1 Å². The van der Waals surface area contributed by atoms with Gasteiger partial charge in [-0.05, 0) is 71.7 Å². The van der Waals surface area contributed by atoms with Gasteiger partial charge in [0.2, 0.25) is 0 Å². The molecule has 0 saturated carbocycles. The van der Waals surface area contributed by atoms with Crippen LogP contribution in [0, 0.1) is 30.9 Å². The summed E-state index contributed by atoms with van der Waals surface area (Å²) in [6.07, 6.45) is 0.0713. The van der Waals surface area contributed by atoms with Gasteiger partial charge in [-0.2, -0.15) is 0 Å². The van der Waals surface area contributed by atoms with Crippen LogP contribution < -0.4 is 14.2 Å². The molecule has 1 aliphatic rings. The second kappa shape index (κ2) is 9.56. The summed E-state index contributed by atoms with van der Waals surface area (Å²) in [5.41, 5.74) is 0.940. The van der Waals surface area contributed by atoms with Gasteiger partial charge in [0.05, 0.1) is 16.9 Å².